The summed E-state index contributed by atoms with van der Waals surface area (Å²) in [7, 11) is 0. The quantitative estimate of drug-likeness (QED) is 0.853. The molecule has 0 spiro atoms. The van der Waals surface area contributed by atoms with Crippen LogP contribution < -0.4 is 4.74 Å². The number of amides is 1. The first-order valence-electron chi connectivity index (χ1n) is 8.56. The number of nitrogens with zero attached hydrogens (tertiary/aromatic N) is 3. The summed E-state index contributed by atoms with van der Waals surface area (Å²) in [5.74, 6) is 1.21. The van der Waals surface area contributed by atoms with Crippen LogP contribution in [0.1, 0.15) is 48.7 Å². The Hall–Kier alpha value is -2.43. The van der Waals surface area contributed by atoms with E-state index in [0.717, 1.165) is 31.5 Å². The summed E-state index contributed by atoms with van der Waals surface area (Å²) in [4.78, 5) is 14.8. The highest BCUT2D eigenvalue weighted by atomic mass is 16.5. The number of aromatic nitrogens is 2. The minimum atomic E-state index is 0.114. The first-order chi connectivity index (χ1) is 11.7. The van der Waals surface area contributed by atoms with E-state index in [1.165, 1.54) is 6.42 Å². The molecule has 1 saturated heterocycles. The zero-order valence-electron chi connectivity index (χ0n) is 14.2. The average molecular weight is 325 g/mol. The molecule has 0 N–H and O–H groups in total. The third kappa shape index (κ3) is 3.72. The lowest BCUT2D eigenvalue weighted by molar-refractivity contribution is 0.0608. The van der Waals surface area contributed by atoms with E-state index in [0.29, 0.717) is 23.2 Å². The molecule has 126 valence electrons. The minimum Gasteiger partial charge on any atom is -0.438 e. The lowest BCUT2D eigenvalue weighted by Crippen LogP contribution is -2.43. The van der Waals surface area contributed by atoms with Crippen LogP contribution in [0.3, 0.4) is 0 Å². The summed E-state index contributed by atoms with van der Waals surface area (Å²) in [6.45, 7) is 4.88. The number of hydrogen-bond acceptors (Lipinski definition) is 4. The SMILES string of the molecule is CC[C@H]1CCCCN1C(=O)c1ccc(Oc2ccc(C)nn2)cc1. The molecule has 0 radical (unpaired) electrons. The fraction of sp³-hybridized carbons (Fsp3) is 0.421. The highest BCUT2D eigenvalue weighted by Crippen LogP contribution is 2.24. The molecule has 0 aliphatic carbocycles. The lowest BCUT2D eigenvalue weighted by atomic mass is 9.99. The molecule has 1 aromatic carbocycles. The van der Waals surface area contributed by atoms with Crippen molar-refractivity contribution < 1.29 is 9.53 Å². The number of hydrogen-bond donors (Lipinski definition) is 0. The van der Waals surface area contributed by atoms with Gasteiger partial charge < -0.3 is 9.64 Å². The van der Waals surface area contributed by atoms with E-state index in [9.17, 15) is 4.79 Å². The molecular formula is C19H23N3O2. The Labute approximate surface area is 142 Å². The van der Waals surface area contributed by atoms with Crippen molar-refractivity contribution in [1.29, 1.82) is 0 Å². The van der Waals surface area contributed by atoms with Crippen molar-refractivity contribution in [2.24, 2.45) is 0 Å². The van der Waals surface area contributed by atoms with Crippen molar-refractivity contribution in [1.82, 2.24) is 15.1 Å². The van der Waals surface area contributed by atoms with E-state index in [1.807, 2.05) is 30.0 Å². The summed E-state index contributed by atoms with van der Waals surface area (Å²) < 4.78 is 5.66. The number of likely N-dealkylation sites (tertiary alicyclic amines) is 1. The molecular weight excluding hydrogens is 302 g/mol. The van der Waals surface area contributed by atoms with Gasteiger partial charge in [-0.05, 0) is 62.9 Å². The van der Waals surface area contributed by atoms with Crippen molar-refractivity contribution >= 4 is 5.91 Å². The van der Waals surface area contributed by atoms with Gasteiger partial charge in [0.1, 0.15) is 5.75 Å². The van der Waals surface area contributed by atoms with E-state index >= 15 is 0 Å². The van der Waals surface area contributed by atoms with Gasteiger partial charge in [0.25, 0.3) is 5.91 Å². The van der Waals surface area contributed by atoms with Gasteiger partial charge in [0.15, 0.2) is 0 Å². The van der Waals surface area contributed by atoms with Gasteiger partial charge in [0.2, 0.25) is 5.88 Å². The number of carbonyl (C=O) groups is 1. The molecule has 0 bridgehead atoms. The fourth-order valence-electron chi connectivity index (χ4n) is 3.09. The average Bonchev–Trinajstić information content (AvgIpc) is 2.63. The molecule has 1 aliphatic rings. The van der Waals surface area contributed by atoms with Crippen LogP contribution in [-0.2, 0) is 0 Å². The van der Waals surface area contributed by atoms with Crippen LogP contribution in [0, 0.1) is 6.92 Å². The predicted octanol–water partition coefficient (Wildman–Crippen LogP) is 3.98. The molecule has 5 heteroatoms. The Morgan fingerprint density at radius 2 is 1.96 bits per heavy atom. The van der Waals surface area contributed by atoms with Gasteiger partial charge in [-0.15, -0.1) is 5.10 Å². The molecule has 0 unspecified atom stereocenters. The molecule has 1 amide bonds. The molecule has 0 saturated carbocycles. The fourth-order valence-corrected chi connectivity index (χ4v) is 3.09. The van der Waals surface area contributed by atoms with Gasteiger partial charge in [-0.2, -0.15) is 5.10 Å². The largest absolute Gasteiger partial charge is 0.438 e. The minimum absolute atomic E-state index is 0.114. The zero-order valence-corrected chi connectivity index (χ0v) is 14.2. The number of piperidine rings is 1. The lowest BCUT2D eigenvalue weighted by Gasteiger charge is -2.35. The summed E-state index contributed by atoms with van der Waals surface area (Å²) in [6, 6.07) is 11.2. The van der Waals surface area contributed by atoms with Gasteiger partial charge in [-0.25, -0.2) is 0 Å². The number of carbonyl (C=O) groups excluding carboxylic acids is 1. The van der Waals surface area contributed by atoms with Crippen molar-refractivity contribution in [2.75, 3.05) is 6.54 Å². The van der Waals surface area contributed by atoms with Crippen LogP contribution in [0.2, 0.25) is 0 Å². The normalized spacial score (nSPS) is 17.6. The van der Waals surface area contributed by atoms with Crippen LogP contribution in [0.25, 0.3) is 0 Å². The van der Waals surface area contributed by atoms with Gasteiger partial charge in [-0.1, -0.05) is 6.92 Å². The number of aryl methyl sites for hydroxylation is 1. The van der Waals surface area contributed by atoms with Gasteiger partial charge in [-0.3, -0.25) is 4.79 Å². The monoisotopic (exact) mass is 325 g/mol. The Bertz CT molecular complexity index is 683. The summed E-state index contributed by atoms with van der Waals surface area (Å²) in [6.07, 6.45) is 4.43. The molecule has 5 nitrogen and oxygen atoms in total. The van der Waals surface area contributed by atoms with E-state index < -0.39 is 0 Å². The highest BCUT2D eigenvalue weighted by Gasteiger charge is 2.26. The third-order valence-electron chi connectivity index (χ3n) is 4.46. The Balaban J connectivity index is 1.69. The zero-order chi connectivity index (χ0) is 16.9. The first kappa shape index (κ1) is 16.4. The highest BCUT2D eigenvalue weighted by molar-refractivity contribution is 5.94. The standard InChI is InChI=1S/C19H23N3O2/c1-3-16-6-4-5-13-22(16)19(23)15-8-10-17(11-9-15)24-18-12-7-14(2)20-21-18/h7-12,16H,3-6,13H2,1-2H3/t16-/m0/s1. The summed E-state index contributed by atoms with van der Waals surface area (Å²) in [5, 5.41) is 7.94. The van der Waals surface area contributed by atoms with Gasteiger partial charge in [0.05, 0.1) is 5.69 Å². The number of ether oxygens (including phenoxy) is 1. The second-order valence-electron chi connectivity index (χ2n) is 6.20. The Morgan fingerprint density at radius 1 is 1.17 bits per heavy atom. The molecule has 1 fully saturated rings. The Kier molecular flexibility index (Phi) is 5.08. The van der Waals surface area contributed by atoms with E-state index in [1.54, 1.807) is 18.2 Å². The van der Waals surface area contributed by atoms with Crippen molar-refractivity contribution in [3.63, 3.8) is 0 Å². The molecule has 24 heavy (non-hydrogen) atoms. The van der Waals surface area contributed by atoms with Crippen LogP contribution in [-0.4, -0.2) is 33.6 Å². The van der Waals surface area contributed by atoms with Gasteiger partial charge in [0, 0.05) is 24.2 Å². The van der Waals surface area contributed by atoms with Crippen molar-refractivity contribution in [3.05, 3.63) is 47.7 Å². The van der Waals surface area contributed by atoms with E-state index in [2.05, 4.69) is 17.1 Å². The Morgan fingerprint density at radius 3 is 2.62 bits per heavy atom. The topological polar surface area (TPSA) is 55.3 Å². The summed E-state index contributed by atoms with van der Waals surface area (Å²) >= 11 is 0. The maximum absolute atomic E-state index is 12.7. The van der Waals surface area contributed by atoms with Crippen molar-refractivity contribution in [3.8, 4) is 11.6 Å². The van der Waals surface area contributed by atoms with E-state index in [-0.39, 0.29) is 5.91 Å². The molecule has 1 aliphatic heterocycles. The number of rotatable bonds is 4. The molecule has 3 rings (SSSR count). The molecule has 2 heterocycles. The maximum Gasteiger partial charge on any atom is 0.254 e. The van der Waals surface area contributed by atoms with Crippen LogP contribution >= 0.6 is 0 Å². The maximum atomic E-state index is 12.7. The second kappa shape index (κ2) is 7.43. The van der Waals surface area contributed by atoms with Crippen molar-refractivity contribution in [2.45, 2.75) is 45.6 Å². The summed E-state index contributed by atoms with van der Waals surface area (Å²) in [5.41, 5.74) is 1.55. The predicted molar refractivity (Wildman–Crippen MR) is 92.3 cm³/mol. The first-order valence-corrected chi connectivity index (χ1v) is 8.56. The molecule has 1 aromatic heterocycles. The second-order valence-corrected chi connectivity index (χ2v) is 6.20. The number of benzene rings is 1. The van der Waals surface area contributed by atoms with E-state index in [4.69, 9.17) is 4.74 Å². The third-order valence-corrected chi connectivity index (χ3v) is 4.46. The van der Waals surface area contributed by atoms with Gasteiger partial charge >= 0.3 is 0 Å². The molecule has 2 aromatic rings. The smallest absolute Gasteiger partial charge is 0.254 e. The molecule has 1 atom stereocenters. The van der Waals surface area contributed by atoms with Crippen LogP contribution in [0.4, 0.5) is 0 Å². The van der Waals surface area contributed by atoms with Crippen LogP contribution in [0.5, 0.6) is 11.6 Å². The van der Waals surface area contributed by atoms with Crippen LogP contribution in [0.15, 0.2) is 36.4 Å².